The summed E-state index contributed by atoms with van der Waals surface area (Å²) in [7, 11) is 0. The van der Waals surface area contributed by atoms with E-state index in [1.165, 1.54) is 0 Å². The number of carbonyl (C=O) groups excluding carboxylic acids is 2. The first-order valence-corrected chi connectivity index (χ1v) is 8.96. The average molecular weight is 374 g/mol. The number of β-lactam (4-membered cyclic amide) rings is 1. The van der Waals surface area contributed by atoms with Crippen molar-refractivity contribution in [1.82, 2.24) is 15.5 Å². The zero-order chi connectivity index (χ0) is 20.0. The summed E-state index contributed by atoms with van der Waals surface area (Å²) in [6, 6.07) is 7.23. The molecule has 3 unspecified atom stereocenters. The zero-order valence-corrected chi connectivity index (χ0v) is 15.4. The minimum absolute atomic E-state index is 0.292. The lowest BCUT2D eigenvalue weighted by molar-refractivity contribution is -0.166. The minimum atomic E-state index is -1.18. The number of amides is 3. The summed E-state index contributed by atoms with van der Waals surface area (Å²) in [6.07, 6.45) is 1.52. The van der Waals surface area contributed by atoms with E-state index in [0.29, 0.717) is 31.6 Å². The van der Waals surface area contributed by atoms with Crippen molar-refractivity contribution in [1.29, 1.82) is 0 Å². The smallest absolute Gasteiger partial charge is 0.327 e. The number of carbonyl (C=O) groups is 3. The summed E-state index contributed by atoms with van der Waals surface area (Å²) in [6.45, 7) is 5.90. The molecule has 5 N–H and O–H groups in total. The van der Waals surface area contributed by atoms with Crippen LogP contribution < -0.4 is 16.4 Å². The van der Waals surface area contributed by atoms with Crippen molar-refractivity contribution >= 4 is 17.9 Å². The van der Waals surface area contributed by atoms with Gasteiger partial charge in [-0.3, -0.25) is 4.79 Å². The third kappa shape index (κ3) is 4.78. The lowest BCUT2D eigenvalue weighted by atomic mass is 9.84. The summed E-state index contributed by atoms with van der Waals surface area (Å²) in [5.74, 6) is -2.04. The highest BCUT2D eigenvalue weighted by molar-refractivity contribution is 6.07. The first kappa shape index (κ1) is 20.3. The molecule has 1 aromatic rings. The van der Waals surface area contributed by atoms with Crippen LogP contribution in [-0.2, 0) is 9.59 Å². The molecule has 8 nitrogen and oxygen atoms in total. The van der Waals surface area contributed by atoms with Gasteiger partial charge in [-0.1, -0.05) is 43.8 Å². The highest BCUT2D eigenvalue weighted by atomic mass is 16.4. The number of hydrogen-bond donors (Lipinski definition) is 4. The van der Waals surface area contributed by atoms with Crippen LogP contribution in [0.25, 0.3) is 0 Å². The second kappa shape index (κ2) is 9.07. The molecule has 1 fully saturated rings. The summed E-state index contributed by atoms with van der Waals surface area (Å²) in [4.78, 5) is 37.3. The number of benzene rings is 1. The van der Waals surface area contributed by atoms with Crippen LogP contribution >= 0.6 is 0 Å². The Hall–Kier alpha value is -3.03. The van der Waals surface area contributed by atoms with Crippen molar-refractivity contribution < 1.29 is 19.5 Å². The largest absolute Gasteiger partial charge is 0.480 e. The zero-order valence-electron chi connectivity index (χ0n) is 15.4. The second-order valence-corrected chi connectivity index (χ2v) is 6.51. The molecule has 8 heteroatoms. The van der Waals surface area contributed by atoms with Crippen LogP contribution in [0.5, 0.6) is 0 Å². The fourth-order valence-corrected chi connectivity index (χ4v) is 3.23. The van der Waals surface area contributed by atoms with E-state index < -0.39 is 29.9 Å². The van der Waals surface area contributed by atoms with Gasteiger partial charge in [0.25, 0.3) is 0 Å². The molecule has 146 valence electrons. The third-order valence-electron chi connectivity index (χ3n) is 4.64. The Morgan fingerprint density at radius 3 is 2.56 bits per heavy atom. The Morgan fingerprint density at radius 2 is 2.00 bits per heavy atom. The van der Waals surface area contributed by atoms with Crippen molar-refractivity contribution in [3.05, 3.63) is 48.3 Å². The van der Waals surface area contributed by atoms with Gasteiger partial charge in [0.1, 0.15) is 0 Å². The van der Waals surface area contributed by atoms with Gasteiger partial charge in [-0.05, 0) is 24.8 Å². The van der Waals surface area contributed by atoms with Gasteiger partial charge in [-0.15, -0.1) is 0 Å². The van der Waals surface area contributed by atoms with E-state index in [0.717, 1.165) is 10.5 Å². The van der Waals surface area contributed by atoms with Crippen LogP contribution in [0.4, 0.5) is 4.79 Å². The van der Waals surface area contributed by atoms with Gasteiger partial charge in [0, 0.05) is 6.54 Å². The maximum absolute atomic E-state index is 12.5. The monoisotopic (exact) mass is 374 g/mol. The van der Waals surface area contributed by atoms with E-state index in [1.807, 2.05) is 37.3 Å². The fraction of sp³-hybridized carbons (Fsp3) is 0.421. The van der Waals surface area contributed by atoms with Gasteiger partial charge in [0.05, 0.1) is 17.8 Å². The molecular formula is C19H26N4O4. The summed E-state index contributed by atoms with van der Waals surface area (Å²) < 4.78 is 0. The molecule has 0 saturated carbocycles. The van der Waals surface area contributed by atoms with Crippen LogP contribution in [0.15, 0.2) is 42.7 Å². The summed E-state index contributed by atoms with van der Waals surface area (Å²) in [5, 5.41) is 15.1. The SMILES string of the molecule is C=C(N)NCCCC1C(=O)N(C(=O)NC(CC)c2ccccc2)C1C(=O)O. The molecule has 0 bridgehead atoms. The Kier molecular flexibility index (Phi) is 6.81. The predicted octanol–water partition coefficient (Wildman–Crippen LogP) is 1.56. The third-order valence-corrected chi connectivity index (χ3v) is 4.64. The number of nitrogens with two attached hydrogens (primary N) is 1. The standard InChI is InChI=1S/C19H26N4O4/c1-3-15(13-8-5-4-6-9-13)22-19(27)23-16(18(25)26)14(17(23)24)10-7-11-21-12(2)20/h4-6,8-9,14-16,21H,2-3,7,10-11,20H2,1H3,(H,22,27)(H,25,26). The quantitative estimate of drug-likeness (QED) is 0.384. The molecule has 1 saturated heterocycles. The molecule has 0 spiro atoms. The van der Waals surface area contributed by atoms with E-state index in [4.69, 9.17) is 5.73 Å². The summed E-state index contributed by atoms with van der Waals surface area (Å²) in [5.41, 5.74) is 6.30. The molecule has 1 aromatic carbocycles. The molecular weight excluding hydrogens is 348 g/mol. The van der Waals surface area contributed by atoms with E-state index in [9.17, 15) is 19.5 Å². The number of aliphatic carboxylic acids is 1. The number of likely N-dealkylation sites (tertiary alicyclic amines) is 1. The van der Waals surface area contributed by atoms with Gasteiger partial charge in [0.2, 0.25) is 5.91 Å². The van der Waals surface area contributed by atoms with Crippen molar-refractivity contribution in [2.45, 2.75) is 38.3 Å². The van der Waals surface area contributed by atoms with Crippen LogP contribution in [0, 0.1) is 5.92 Å². The van der Waals surface area contributed by atoms with Gasteiger partial charge in [-0.2, -0.15) is 0 Å². The fourth-order valence-electron chi connectivity index (χ4n) is 3.23. The van der Waals surface area contributed by atoms with Gasteiger partial charge in [0.15, 0.2) is 6.04 Å². The molecule has 3 atom stereocenters. The van der Waals surface area contributed by atoms with E-state index >= 15 is 0 Å². The highest BCUT2D eigenvalue weighted by Gasteiger charge is 2.54. The van der Waals surface area contributed by atoms with Crippen molar-refractivity contribution in [3.8, 4) is 0 Å². The maximum atomic E-state index is 12.5. The Morgan fingerprint density at radius 1 is 1.33 bits per heavy atom. The van der Waals surface area contributed by atoms with Gasteiger partial charge < -0.3 is 21.5 Å². The number of rotatable bonds is 9. The molecule has 1 aliphatic heterocycles. The molecule has 2 rings (SSSR count). The average Bonchev–Trinajstić information content (AvgIpc) is 2.63. The van der Waals surface area contributed by atoms with Crippen molar-refractivity contribution in [3.63, 3.8) is 0 Å². The van der Waals surface area contributed by atoms with E-state index in [2.05, 4.69) is 17.2 Å². The molecule has 27 heavy (non-hydrogen) atoms. The Bertz CT molecular complexity index is 707. The van der Waals surface area contributed by atoms with Crippen molar-refractivity contribution in [2.24, 2.45) is 11.7 Å². The number of nitrogens with one attached hydrogen (secondary N) is 2. The summed E-state index contributed by atoms with van der Waals surface area (Å²) >= 11 is 0. The first-order chi connectivity index (χ1) is 12.9. The number of carboxylic acid groups (broad SMARTS) is 1. The van der Waals surface area contributed by atoms with Crippen LogP contribution in [0.2, 0.25) is 0 Å². The second-order valence-electron chi connectivity index (χ2n) is 6.51. The predicted molar refractivity (Wildman–Crippen MR) is 100 cm³/mol. The molecule has 3 amide bonds. The molecule has 1 heterocycles. The maximum Gasteiger partial charge on any atom is 0.327 e. The van der Waals surface area contributed by atoms with Crippen molar-refractivity contribution in [2.75, 3.05) is 6.54 Å². The Balaban J connectivity index is 1.99. The molecule has 1 aliphatic rings. The minimum Gasteiger partial charge on any atom is -0.480 e. The lowest BCUT2D eigenvalue weighted by Crippen LogP contribution is -2.68. The van der Waals surface area contributed by atoms with Gasteiger partial charge >= 0.3 is 12.0 Å². The normalized spacial score (nSPS) is 19.7. The van der Waals surface area contributed by atoms with Crippen LogP contribution in [0.1, 0.15) is 37.8 Å². The number of carboxylic acids is 1. The van der Waals surface area contributed by atoms with E-state index in [-0.39, 0.29) is 6.04 Å². The van der Waals surface area contributed by atoms with Crippen LogP contribution in [-0.4, -0.2) is 40.5 Å². The first-order valence-electron chi connectivity index (χ1n) is 8.96. The Labute approximate surface area is 158 Å². The number of urea groups is 1. The molecule has 0 aromatic heterocycles. The van der Waals surface area contributed by atoms with Gasteiger partial charge in [-0.25, -0.2) is 14.5 Å². The number of hydrogen-bond acceptors (Lipinski definition) is 5. The number of imide groups is 1. The van der Waals surface area contributed by atoms with E-state index in [1.54, 1.807) is 0 Å². The molecule has 0 radical (unpaired) electrons. The lowest BCUT2D eigenvalue weighted by Gasteiger charge is -2.43. The number of nitrogens with zero attached hydrogens (tertiary/aromatic N) is 1. The highest BCUT2D eigenvalue weighted by Crippen LogP contribution is 2.31. The molecule has 0 aliphatic carbocycles. The topological polar surface area (TPSA) is 125 Å². The van der Waals surface area contributed by atoms with Crippen LogP contribution in [0.3, 0.4) is 0 Å².